The average molecular weight is 1150 g/mol. The van der Waals surface area contributed by atoms with E-state index in [0.717, 1.165) is 6.92 Å². The normalized spacial score (nSPS) is 15.5. The lowest BCUT2D eigenvalue weighted by Gasteiger charge is -2.29. The van der Waals surface area contributed by atoms with Crippen molar-refractivity contribution in [3.8, 4) is 0 Å². The van der Waals surface area contributed by atoms with Gasteiger partial charge in [0.05, 0.1) is 45.0 Å². The second-order valence-corrected chi connectivity index (χ2v) is 19.2. The van der Waals surface area contributed by atoms with E-state index in [1.54, 1.807) is 0 Å². The first-order valence-corrected chi connectivity index (χ1v) is 26.4. The number of aliphatic hydroxyl groups is 3. The molecule has 34 heteroatoms. The minimum atomic E-state index is -1.85. The summed E-state index contributed by atoms with van der Waals surface area (Å²) in [5.41, 5.74) is 38.4. The number of nitrogens with two attached hydrogens (primary N) is 5. The minimum absolute atomic E-state index is 0.0189. The van der Waals surface area contributed by atoms with Crippen LogP contribution in [0.5, 0.6) is 0 Å². The summed E-state index contributed by atoms with van der Waals surface area (Å²) in [6.45, 7) is 5.29. The second kappa shape index (κ2) is 38.9. The fourth-order valence-corrected chi connectivity index (χ4v) is 7.32. The van der Waals surface area contributed by atoms with Gasteiger partial charge in [0.2, 0.25) is 53.2 Å². The molecule has 0 saturated carbocycles. The number of carboxylic acids is 1. The number of amides is 10. The Morgan fingerprint density at radius 1 is 0.438 bits per heavy atom. The molecule has 0 fully saturated rings. The van der Waals surface area contributed by atoms with Crippen LogP contribution < -0.4 is 104 Å². The predicted octanol–water partition coefficient (Wildman–Crippen LogP) is -15.8. The molecule has 0 aromatic carbocycles. The van der Waals surface area contributed by atoms with Crippen LogP contribution in [-0.4, -0.2) is 203 Å². The lowest BCUT2D eigenvalue weighted by atomic mass is 10.0. The molecule has 0 radical (unpaired) electrons. The summed E-state index contributed by atoms with van der Waals surface area (Å²) in [5.74, 6) is -11.2. The van der Waals surface area contributed by atoms with E-state index in [0.29, 0.717) is 32.4 Å². The van der Waals surface area contributed by atoms with Crippen molar-refractivity contribution in [2.45, 2.75) is 177 Å². The summed E-state index contributed by atoms with van der Waals surface area (Å²) in [6.07, 6.45) is -2.29. The van der Waals surface area contributed by atoms with E-state index in [9.17, 15) is 73.2 Å². The van der Waals surface area contributed by atoms with Gasteiger partial charge in [-0.25, -0.2) is 4.79 Å². The summed E-state index contributed by atoms with van der Waals surface area (Å²) < 4.78 is 0. The number of carboxylic acid groups (broad SMARTS) is 1. The summed E-state index contributed by atoms with van der Waals surface area (Å²) >= 11 is 0. The summed E-state index contributed by atoms with van der Waals surface area (Å²) in [7, 11) is 0. The van der Waals surface area contributed by atoms with E-state index in [4.69, 9.17) is 28.7 Å². The maximum Gasteiger partial charge on any atom is 0.338 e. The Balaban J connectivity index is 6.63. The van der Waals surface area contributed by atoms with Gasteiger partial charge >= 0.3 is 17.9 Å². The van der Waals surface area contributed by atoms with Gasteiger partial charge < -0.3 is 91.2 Å². The molecule has 34 N–H and O–H groups in total. The zero-order valence-corrected chi connectivity index (χ0v) is 46.2. The van der Waals surface area contributed by atoms with Gasteiger partial charge in [-0.2, -0.15) is 0 Å². The van der Waals surface area contributed by atoms with Crippen LogP contribution in [-0.2, 0) is 52.7 Å². The number of carbonyl (C=O) groups excluding carboxylic acids is 10. The first kappa shape index (κ1) is 72.5. The van der Waals surface area contributed by atoms with E-state index in [1.807, 2.05) is 0 Å². The molecule has 0 aromatic heterocycles. The third kappa shape index (κ3) is 29.4. The maximum atomic E-state index is 14.1. The van der Waals surface area contributed by atoms with E-state index >= 15 is 0 Å². The van der Waals surface area contributed by atoms with Crippen LogP contribution in [0.15, 0.2) is 0 Å². The van der Waals surface area contributed by atoms with Crippen molar-refractivity contribution in [3.05, 3.63) is 0 Å². The predicted molar refractivity (Wildman–Crippen MR) is 282 cm³/mol. The Morgan fingerprint density at radius 2 is 0.762 bits per heavy atom. The van der Waals surface area contributed by atoms with Gasteiger partial charge in [0.25, 0.3) is 5.91 Å². The van der Waals surface area contributed by atoms with Crippen LogP contribution in [0.2, 0.25) is 0 Å². The molecule has 0 heterocycles. The molecule has 0 aliphatic rings. The van der Waals surface area contributed by atoms with Gasteiger partial charge in [0.1, 0.15) is 54.4 Å². The molecule has 0 aliphatic heterocycles. The summed E-state index contributed by atoms with van der Waals surface area (Å²) in [6, 6.07) is -14.6. The van der Waals surface area contributed by atoms with Crippen LogP contribution in [0.1, 0.15) is 105 Å². The monoisotopic (exact) mass is 1150 g/mol. The van der Waals surface area contributed by atoms with Gasteiger partial charge in [0.15, 0.2) is 6.04 Å². The van der Waals surface area contributed by atoms with Gasteiger partial charge in [-0.3, -0.25) is 80.9 Å². The molecule has 0 rings (SSSR count). The standard InChI is InChI=1S/C46H87N19O15/c1-22(49)35(70)58-29(14-10-20-56-46(53)54)40(75)65-34(25(4)68)43(78)62-27(12-6-8-18-48)37(72)61-30(15-16-32(50)69)41(76)64-33(24(3)67)42(77)57-23(2)36(71)59-28(13-9-19-55-45(51)52)38(73)60-26(11-5-7-17-47)39(74)63-31(21-66)44(79)80/h22-31,33-34,66-68H,5-21,47-49H2,1-4H3,(H2,50,69)(H,57,77)(H,58,70)(H,59,71)(H,60,73)(H,61,72)(H,62,78)(H,63,74)(H,64,76)(H,65,75)(H,79,80)(H4,51,52,55)(H4,53,54,56)/p+5/t22-,23-,24+,25+,26-,27-,28-,29-,30-,31-,33-,34-/m0/s1. The highest BCUT2D eigenvalue weighted by Crippen LogP contribution is 2.09. The summed E-state index contributed by atoms with van der Waals surface area (Å²) in [5, 5.41) is 61.9. The molecule has 10 amide bonds. The number of primary amides is 1. The van der Waals surface area contributed by atoms with Gasteiger partial charge in [-0.05, 0) is 98.3 Å². The number of guanidine groups is 2. The van der Waals surface area contributed by atoms with Crippen LogP contribution in [0.25, 0.3) is 0 Å². The van der Waals surface area contributed by atoms with Gasteiger partial charge in [-0.15, -0.1) is 0 Å². The topological polar surface area (TPSA) is 618 Å². The van der Waals surface area contributed by atoms with Crippen molar-refractivity contribution in [1.29, 1.82) is 0 Å². The Bertz CT molecular complexity index is 2110. The molecular formula is C46H92N19O15+5. The maximum absolute atomic E-state index is 14.1. The molecule has 80 heavy (non-hydrogen) atoms. The largest absolute Gasteiger partial charge is 0.480 e. The smallest absolute Gasteiger partial charge is 0.338 e. The van der Waals surface area contributed by atoms with Crippen molar-refractivity contribution in [2.24, 2.45) is 28.7 Å². The first-order valence-electron chi connectivity index (χ1n) is 26.4. The number of rotatable bonds is 41. The SMILES string of the molecule is C[C@H]([NH3+])C(=O)N[C@@H](CCC[NH+]=C(N)N)C(=O)N[C@H](C(=O)N[C@@H](CCCC[NH3+])C(=O)N[C@@H](CCC(N)=O)C(=O)N[C@H](C(=O)N[C@@H](C)C(=O)N[C@@H](CCC[NH+]=C(N)N)C(=O)N[C@@H](CCCC[NH3+])C(=O)N[C@@H](CO)C(=O)O)[C@@H](C)O)[C@@H](C)O. The van der Waals surface area contributed by atoms with E-state index in [2.05, 4.69) is 75.0 Å². The molecule has 0 saturated heterocycles. The third-order valence-electron chi connectivity index (χ3n) is 11.9. The van der Waals surface area contributed by atoms with Crippen LogP contribution in [0, 0.1) is 0 Å². The van der Waals surface area contributed by atoms with E-state index < -0.39 is 157 Å². The van der Waals surface area contributed by atoms with Gasteiger partial charge in [-0.1, -0.05) is 0 Å². The number of aliphatic carboxylic acids is 1. The highest BCUT2D eigenvalue weighted by Gasteiger charge is 2.37. The Morgan fingerprint density at radius 3 is 1.10 bits per heavy atom. The fourth-order valence-electron chi connectivity index (χ4n) is 7.32. The minimum Gasteiger partial charge on any atom is -0.480 e. The van der Waals surface area contributed by atoms with Crippen LogP contribution in [0.4, 0.5) is 0 Å². The average Bonchev–Trinajstić information content (AvgIpc) is 3.37. The molecule has 0 aromatic rings. The number of hydrogen-bond donors (Lipinski definition) is 23. The molecule has 456 valence electrons. The number of hydrogen-bond acceptors (Lipinski definition) is 14. The Hall–Kier alpha value is -7.53. The number of aliphatic hydroxyl groups excluding tert-OH is 3. The molecule has 0 spiro atoms. The molecular weight excluding hydrogens is 1060 g/mol. The van der Waals surface area contributed by atoms with Crippen molar-refractivity contribution < 1.29 is 100 Å². The Kier molecular flexibility index (Phi) is 35.3. The molecule has 34 nitrogen and oxygen atoms in total. The molecule has 0 unspecified atom stereocenters. The molecule has 0 bridgehead atoms. The van der Waals surface area contributed by atoms with Gasteiger partial charge in [0, 0.05) is 6.42 Å². The van der Waals surface area contributed by atoms with Crippen molar-refractivity contribution >= 4 is 77.0 Å². The number of carbonyl (C=O) groups is 11. The quantitative estimate of drug-likeness (QED) is 0.0154. The number of nitrogens with one attached hydrogen (secondary N) is 11. The van der Waals surface area contributed by atoms with Crippen molar-refractivity contribution in [1.82, 2.24) is 47.9 Å². The Labute approximate surface area is 463 Å². The van der Waals surface area contributed by atoms with Crippen molar-refractivity contribution in [2.75, 3.05) is 32.8 Å². The lowest BCUT2D eigenvalue weighted by Crippen LogP contribution is -2.78. The first-order chi connectivity index (χ1) is 37.5. The third-order valence-corrected chi connectivity index (χ3v) is 11.9. The van der Waals surface area contributed by atoms with E-state index in [1.165, 1.54) is 20.8 Å². The lowest BCUT2D eigenvalue weighted by molar-refractivity contribution is -0.460. The number of unbranched alkanes of at least 4 members (excludes halogenated alkanes) is 2. The van der Waals surface area contributed by atoms with E-state index in [-0.39, 0.29) is 70.0 Å². The zero-order chi connectivity index (χ0) is 61.2. The van der Waals surface area contributed by atoms with Crippen LogP contribution in [0.3, 0.4) is 0 Å². The zero-order valence-electron chi connectivity index (χ0n) is 46.2. The number of quaternary nitrogens is 3. The summed E-state index contributed by atoms with van der Waals surface area (Å²) in [4.78, 5) is 151. The highest BCUT2D eigenvalue weighted by atomic mass is 16.4. The van der Waals surface area contributed by atoms with Crippen molar-refractivity contribution in [3.63, 3.8) is 0 Å². The van der Waals surface area contributed by atoms with Crippen LogP contribution >= 0.6 is 0 Å². The highest BCUT2D eigenvalue weighted by molar-refractivity contribution is 5.98. The molecule has 0 aliphatic carbocycles. The second-order valence-electron chi connectivity index (χ2n) is 19.2. The molecule has 12 atom stereocenters. The fraction of sp³-hybridized carbons (Fsp3) is 0.717.